The Labute approximate surface area is 188 Å². The van der Waals surface area contributed by atoms with Gasteiger partial charge in [-0.1, -0.05) is 60.7 Å². The molecule has 3 nitrogen and oxygen atoms in total. The molecule has 0 aliphatic heterocycles. The van der Waals surface area contributed by atoms with E-state index < -0.39 is 0 Å². The van der Waals surface area contributed by atoms with Gasteiger partial charge in [-0.2, -0.15) is 0 Å². The number of hydrogen-bond acceptors (Lipinski definition) is 1. The van der Waals surface area contributed by atoms with Gasteiger partial charge in [-0.15, -0.1) is 0 Å². The van der Waals surface area contributed by atoms with Crippen molar-refractivity contribution < 1.29 is 4.42 Å². The predicted molar refractivity (Wildman–Crippen MR) is 137 cm³/mol. The Hall–Kier alpha value is -4.50. The van der Waals surface area contributed by atoms with Crippen molar-refractivity contribution in [3.05, 3.63) is 103 Å². The van der Waals surface area contributed by atoms with Crippen molar-refractivity contribution in [3.8, 4) is 11.1 Å². The van der Waals surface area contributed by atoms with Gasteiger partial charge in [0.1, 0.15) is 11.2 Å². The lowest BCUT2D eigenvalue weighted by molar-refractivity contribution is 0.669. The molecule has 0 unspecified atom stereocenters. The molecule has 0 radical (unpaired) electrons. The fraction of sp³-hybridized carbons (Fsp3) is 0. The largest absolute Gasteiger partial charge is 0.456 e. The van der Waals surface area contributed by atoms with Gasteiger partial charge in [0.15, 0.2) is 0 Å². The highest BCUT2D eigenvalue weighted by molar-refractivity contribution is 6.20. The molecule has 1 N–H and O–H groups in total. The number of benzene rings is 4. The summed E-state index contributed by atoms with van der Waals surface area (Å²) in [7, 11) is 0. The molecule has 0 saturated carbocycles. The fourth-order valence-electron chi connectivity index (χ4n) is 5.51. The van der Waals surface area contributed by atoms with Crippen LogP contribution in [-0.4, -0.2) is 9.38 Å². The molecular weight excluding hydrogens is 404 g/mol. The van der Waals surface area contributed by atoms with E-state index in [4.69, 9.17) is 4.42 Å². The maximum atomic E-state index is 6.10. The van der Waals surface area contributed by atoms with E-state index in [1.807, 2.05) is 12.1 Å². The zero-order valence-electron chi connectivity index (χ0n) is 17.7. The molecule has 33 heavy (non-hydrogen) atoms. The number of para-hydroxylation sites is 3. The number of nitrogens with one attached hydrogen (secondary N) is 1. The molecule has 4 aromatic carbocycles. The molecule has 154 valence electrons. The van der Waals surface area contributed by atoms with Crippen molar-refractivity contribution in [3.63, 3.8) is 0 Å². The number of aromatic amines is 1. The highest BCUT2D eigenvalue weighted by Gasteiger charge is 2.19. The number of furan rings is 1. The average Bonchev–Trinajstić information content (AvgIpc) is 3.53. The number of fused-ring (bicyclic) bond motifs is 10. The first-order valence-corrected chi connectivity index (χ1v) is 11.2. The van der Waals surface area contributed by atoms with E-state index in [1.165, 1.54) is 43.8 Å². The van der Waals surface area contributed by atoms with E-state index in [1.54, 1.807) is 0 Å². The number of rotatable bonds is 1. The van der Waals surface area contributed by atoms with E-state index in [-0.39, 0.29) is 0 Å². The normalized spacial score (nSPS) is 12.2. The highest BCUT2D eigenvalue weighted by Crippen LogP contribution is 2.42. The van der Waals surface area contributed by atoms with Crippen molar-refractivity contribution in [2.45, 2.75) is 0 Å². The SMILES string of the molecule is c1ccc2c(c1)[nH]c1c2ccn2c3ccccc3c(-c3ccc4oc5ccccc5c4c3)c12. The molecule has 0 spiro atoms. The summed E-state index contributed by atoms with van der Waals surface area (Å²) >= 11 is 0. The molecule has 8 rings (SSSR count). The molecule has 0 fully saturated rings. The summed E-state index contributed by atoms with van der Waals surface area (Å²) in [6.07, 6.45) is 2.20. The molecule has 4 aromatic heterocycles. The lowest BCUT2D eigenvalue weighted by Gasteiger charge is -2.04. The third-order valence-electron chi connectivity index (χ3n) is 6.95. The topological polar surface area (TPSA) is 33.3 Å². The van der Waals surface area contributed by atoms with Crippen LogP contribution in [-0.2, 0) is 0 Å². The van der Waals surface area contributed by atoms with Crippen LogP contribution in [0.5, 0.6) is 0 Å². The van der Waals surface area contributed by atoms with Crippen LogP contribution >= 0.6 is 0 Å². The van der Waals surface area contributed by atoms with Gasteiger partial charge in [0.2, 0.25) is 0 Å². The van der Waals surface area contributed by atoms with E-state index in [0.29, 0.717) is 0 Å². The monoisotopic (exact) mass is 422 g/mol. The van der Waals surface area contributed by atoms with E-state index in [9.17, 15) is 0 Å². The lowest BCUT2D eigenvalue weighted by atomic mass is 10.00. The van der Waals surface area contributed by atoms with Gasteiger partial charge >= 0.3 is 0 Å². The Morgan fingerprint density at radius 1 is 0.606 bits per heavy atom. The van der Waals surface area contributed by atoms with Gasteiger partial charge in [-0.3, -0.25) is 0 Å². The van der Waals surface area contributed by atoms with Gasteiger partial charge in [0.25, 0.3) is 0 Å². The van der Waals surface area contributed by atoms with Crippen LogP contribution in [0.1, 0.15) is 0 Å². The summed E-state index contributed by atoms with van der Waals surface area (Å²) in [4.78, 5) is 3.71. The van der Waals surface area contributed by atoms with Gasteiger partial charge in [0.05, 0.1) is 16.6 Å². The molecule has 0 atom stereocenters. The third-order valence-corrected chi connectivity index (χ3v) is 6.95. The van der Waals surface area contributed by atoms with E-state index in [2.05, 4.69) is 101 Å². The number of pyridine rings is 1. The molecule has 8 aromatic rings. The minimum atomic E-state index is 0.920. The molecular formula is C30H18N2O. The average molecular weight is 422 g/mol. The second-order valence-corrected chi connectivity index (χ2v) is 8.69. The fourth-order valence-corrected chi connectivity index (χ4v) is 5.51. The lowest BCUT2D eigenvalue weighted by Crippen LogP contribution is -1.85. The Morgan fingerprint density at radius 3 is 2.30 bits per heavy atom. The van der Waals surface area contributed by atoms with Crippen LogP contribution in [0.3, 0.4) is 0 Å². The van der Waals surface area contributed by atoms with Gasteiger partial charge in [-0.25, -0.2) is 0 Å². The Bertz CT molecular complexity index is 2030. The first-order valence-electron chi connectivity index (χ1n) is 11.2. The Morgan fingerprint density at radius 2 is 1.36 bits per heavy atom. The first-order chi connectivity index (χ1) is 16.4. The predicted octanol–water partition coefficient (Wildman–Crippen LogP) is 8.29. The third kappa shape index (κ3) is 2.18. The van der Waals surface area contributed by atoms with Crippen LogP contribution in [0, 0.1) is 0 Å². The number of hydrogen-bond donors (Lipinski definition) is 1. The quantitative estimate of drug-likeness (QED) is 0.284. The van der Waals surface area contributed by atoms with Crippen molar-refractivity contribution in [2.24, 2.45) is 0 Å². The van der Waals surface area contributed by atoms with Crippen LogP contribution in [0.4, 0.5) is 0 Å². The molecule has 0 amide bonds. The molecule has 3 heteroatoms. The Balaban J connectivity index is 1.57. The van der Waals surface area contributed by atoms with Crippen molar-refractivity contribution in [2.75, 3.05) is 0 Å². The molecule has 0 saturated heterocycles. The minimum Gasteiger partial charge on any atom is -0.456 e. The molecule has 0 aliphatic carbocycles. The van der Waals surface area contributed by atoms with Crippen molar-refractivity contribution in [1.29, 1.82) is 0 Å². The summed E-state index contributed by atoms with van der Waals surface area (Å²) < 4.78 is 8.42. The first kappa shape index (κ1) is 17.1. The summed E-state index contributed by atoms with van der Waals surface area (Å²) in [5.74, 6) is 0. The van der Waals surface area contributed by atoms with Crippen molar-refractivity contribution in [1.82, 2.24) is 9.38 Å². The minimum absolute atomic E-state index is 0.920. The highest BCUT2D eigenvalue weighted by atomic mass is 16.3. The zero-order valence-corrected chi connectivity index (χ0v) is 17.7. The number of nitrogens with zero attached hydrogens (tertiary/aromatic N) is 1. The van der Waals surface area contributed by atoms with E-state index >= 15 is 0 Å². The molecule has 0 aliphatic rings. The maximum Gasteiger partial charge on any atom is 0.135 e. The van der Waals surface area contributed by atoms with Gasteiger partial charge < -0.3 is 13.8 Å². The van der Waals surface area contributed by atoms with Crippen LogP contribution in [0.15, 0.2) is 108 Å². The molecule has 0 bridgehead atoms. The molecule has 4 heterocycles. The van der Waals surface area contributed by atoms with Crippen molar-refractivity contribution >= 4 is 60.2 Å². The second-order valence-electron chi connectivity index (χ2n) is 8.69. The van der Waals surface area contributed by atoms with E-state index in [0.717, 1.165) is 27.5 Å². The van der Waals surface area contributed by atoms with Crippen LogP contribution in [0.2, 0.25) is 0 Å². The standard InChI is InChI=1S/C30H18N2O/c1-4-10-24-19(7-1)21-15-16-32-25-11-5-2-9-22(25)28(30(32)29(21)31-24)18-13-14-27-23(17-18)20-8-3-6-12-26(20)33-27/h1-17,31H. The second kappa shape index (κ2) is 6.05. The maximum absolute atomic E-state index is 6.10. The summed E-state index contributed by atoms with van der Waals surface area (Å²) in [5, 5.41) is 6.04. The van der Waals surface area contributed by atoms with Crippen LogP contribution < -0.4 is 0 Å². The zero-order chi connectivity index (χ0) is 21.5. The summed E-state index contributed by atoms with van der Waals surface area (Å²) in [5.41, 5.74) is 9.03. The summed E-state index contributed by atoms with van der Waals surface area (Å²) in [6, 6.07) is 34.3. The van der Waals surface area contributed by atoms with Crippen LogP contribution in [0.25, 0.3) is 71.3 Å². The van der Waals surface area contributed by atoms with Gasteiger partial charge in [0, 0.05) is 44.2 Å². The smallest absolute Gasteiger partial charge is 0.135 e. The van der Waals surface area contributed by atoms with Gasteiger partial charge in [-0.05, 0) is 42.0 Å². The summed E-state index contributed by atoms with van der Waals surface area (Å²) in [6.45, 7) is 0. The number of aromatic nitrogens is 2. The Kier molecular flexibility index (Phi) is 3.14. The number of H-pyrrole nitrogens is 1.